The van der Waals surface area contributed by atoms with Crippen LogP contribution >= 0.6 is 7.82 Å². The fourth-order valence-electron chi connectivity index (χ4n) is 7.46. The third-order valence-corrected chi connectivity index (χ3v) is 12.5. The number of allylic oxidation sites excluding steroid dienone is 5. The zero-order valence-corrected chi connectivity index (χ0v) is 41.8. The first-order chi connectivity index (χ1) is 29.5. The molecular formula is C52H101N2O6P. The minimum Gasteiger partial charge on any atom is -0.756 e. The van der Waals surface area contributed by atoms with Gasteiger partial charge in [0.1, 0.15) is 13.2 Å². The molecular weight excluding hydrogens is 780 g/mol. The van der Waals surface area contributed by atoms with Crippen LogP contribution in [0.5, 0.6) is 0 Å². The molecule has 0 radical (unpaired) electrons. The fraction of sp³-hybridized carbons (Fsp3) is 0.865. The van der Waals surface area contributed by atoms with E-state index in [1.165, 1.54) is 180 Å². The second-order valence-corrected chi connectivity index (χ2v) is 20.3. The van der Waals surface area contributed by atoms with Crippen LogP contribution in [0.4, 0.5) is 0 Å². The molecule has 0 saturated carbocycles. The fourth-order valence-corrected chi connectivity index (χ4v) is 8.18. The van der Waals surface area contributed by atoms with Gasteiger partial charge in [-0.05, 0) is 57.8 Å². The van der Waals surface area contributed by atoms with E-state index in [1.54, 1.807) is 6.08 Å². The lowest BCUT2D eigenvalue weighted by Crippen LogP contribution is -2.45. The largest absolute Gasteiger partial charge is 0.756 e. The number of hydrogen-bond donors (Lipinski definition) is 2. The highest BCUT2D eigenvalue weighted by Crippen LogP contribution is 2.38. The number of nitrogens with one attached hydrogen (secondary N) is 1. The Balaban J connectivity index is 4.35. The number of unbranched alkanes of at least 4 members (excludes halogenated alkanes) is 30. The van der Waals surface area contributed by atoms with Gasteiger partial charge in [0, 0.05) is 6.42 Å². The molecule has 9 heteroatoms. The molecule has 0 saturated heterocycles. The van der Waals surface area contributed by atoms with E-state index >= 15 is 0 Å². The summed E-state index contributed by atoms with van der Waals surface area (Å²) >= 11 is 0. The van der Waals surface area contributed by atoms with Gasteiger partial charge in [-0.15, -0.1) is 0 Å². The van der Waals surface area contributed by atoms with Gasteiger partial charge in [-0.1, -0.05) is 211 Å². The molecule has 0 aliphatic rings. The summed E-state index contributed by atoms with van der Waals surface area (Å²) in [5, 5.41) is 13.8. The number of carbonyl (C=O) groups is 1. The third kappa shape index (κ3) is 46.5. The van der Waals surface area contributed by atoms with Gasteiger partial charge in [-0.2, -0.15) is 0 Å². The Morgan fingerprint density at radius 3 is 1.33 bits per heavy atom. The lowest BCUT2D eigenvalue weighted by atomic mass is 10.0. The van der Waals surface area contributed by atoms with E-state index in [0.29, 0.717) is 17.4 Å². The van der Waals surface area contributed by atoms with Crippen LogP contribution in [0.15, 0.2) is 36.5 Å². The van der Waals surface area contributed by atoms with E-state index in [0.717, 1.165) is 38.5 Å². The maximum Gasteiger partial charge on any atom is 0.268 e. The monoisotopic (exact) mass is 881 g/mol. The summed E-state index contributed by atoms with van der Waals surface area (Å²) in [5.41, 5.74) is 0. The molecule has 3 atom stereocenters. The number of carbonyl (C=O) groups excluding carboxylic acids is 1. The van der Waals surface area contributed by atoms with E-state index in [9.17, 15) is 19.4 Å². The SMILES string of the molecule is CCCCCCCC/C=C\CCCCCCCCCCCC(=O)NC(COP(=O)([O-])OCC[N+](C)(C)C)C(O)/C=C/CC/C=C/CCCCCCCCCCCCCCCC. The number of aliphatic hydroxyl groups excluding tert-OH is 1. The standard InChI is InChI=1S/C52H101N2O6P/c1-6-8-10-12-14-16-18-20-22-24-26-28-29-31-33-35-37-39-41-43-45-51(55)50(49-60-61(57,58)59-48-47-54(3,4)5)53-52(56)46-44-42-40-38-36-34-32-30-27-25-23-21-19-17-15-13-11-9-7-2/h21,23,35,37,43,45,50-51,55H,6-20,22,24-34,36,38-42,44,46-49H2,1-5H3,(H-,53,56,57,58)/b23-21-,37-35+,45-43+. The molecule has 0 aromatic carbocycles. The molecule has 0 heterocycles. The molecule has 0 rings (SSSR count). The smallest absolute Gasteiger partial charge is 0.268 e. The third-order valence-electron chi connectivity index (χ3n) is 11.6. The number of amides is 1. The first-order valence-electron chi connectivity index (χ1n) is 25.9. The molecule has 0 fully saturated rings. The molecule has 0 bridgehead atoms. The minimum atomic E-state index is -4.60. The Morgan fingerprint density at radius 1 is 0.557 bits per heavy atom. The number of likely N-dealkylation sites (N-methyl/N-ethyl adjacent to an activating group) is 1. The average molecular weight is 881 g/mol. The van der Waals surface area contributed by atoms with Crippen molar-refractivity contribution in [3.05, 3.63) is 36.5 Å². The van der Waals surface area contributed by atoms with Crippen LogP contribution in [0.3, 0.4) is 0 Å². The van der Waals surface area contributed by atoms with Crippen LogP contribution < -0.4 is 10.2 Å². The summed E-state index contributed by atoms with van der Waals surface area (Å²) in [5.74, 6) is -0.208. The van der Waals surface area contributed by atoms with Crippen molar-refractivity contribution in [1.29, 1.82) is 0 Å². The van der Waals surface area contributed by atoms with Crippen molar-refractivity contribution in [2.75, 3.05) is 40.9 Å². The number of aliphatic hydroxyl groups is 1. The number of phosphoric acid groups is 1. The topological polar surface area (TPSA) is 108 Å². The van der Waals surface area contributed by atoms with Crippen molar-refractivity contribution >= 4 is 13.7 Å². The Kier molecular flexibility index (Phi) is 43.0. The molecule has 0 spiro atoms. The molecule has 0 aromatic rings. The summed E-state index contributed by atoms with van der Waals surface area (Å²) in [7, 11) is 1.25. The summed E-state index contributed by atoms with van der Waals surface area (Å²) in [6.45, 7) is 4.64. The summed E-state index contributed by atoms with van der Waals surface area (Å²) in [4.78, 5) is 25.4. The molecule has 61 heavy (non-hydrogen) atoms. The number of nitrogens with zero attached hydrogens (tertiary/aromatic N) is 1. The predicted octanol–water partition coefficient (Wildman–Crippen LogP) is 14.4. The zero-order valence-electron chi connectivity index (χ0n) is 40.9. The molecule has 3 unspecified atom stereocenters. The van der Waals surface area contributed by atoms with Gasteiger partial charge in [0.2, 0.25) is 5.91 Å². The zero-order chi connectivity index (χ0) is 45.0. The van der Waals surface area contributed by atoms with Crippen LogP contribution in [0.2, 0.25) is 0 Å². The summed E-state index contributed by atoms with van der Waals surface area (Å²) in [6.07, 6.45) is 54.9. The molecule has 8 nitrogen and oxygen atoms in total. The van der Waals surface area contributed by atoms with Gasteiger partial charge in [-0.25, -0.2) is 0 Å². The van der Waals surface area contributed by atoms with Crippen LogP contribution in [-0.4, -0.2) is 68.5 Å². The Hall–Kier alpha value is -1.28. The predicted molar refractivity (Wildman–Crippen MR) is 261 cm³/mol. The maximum absolute atomic E-state index is 12.9. The second-order valence-electron chi connectivity index (χ2n) is 18.9. The van der Waals surface area contributed by atoms with Gasteiger partial charge in [0.05, 0.1) is 39.9 Å². The minimum absolute atomic E-state index is 0.00627. The second kappa shape index (κ2) is 43.9. The molecule has 360 valence electrons. The highest BCUT2D eigenvalue weighted by atomic mass is 31.2. The van der Waals surface area contributed by atoms with Crippen molar-refractivity contribution in [3.63, 3.8) is 0 Å². The van der Waals surface area contributed by atoms with E-state index < -0.39 is 26.6 Å². The van der Waals surface area contributed by atoms with Crippen molar-refractivity contribution < 1.29 is 32.9 Å². The van der Waals surface area contributed by atoms with Gasteiger partial charge < -0.3 is 28.8 Å². The molecule has 0 aliphatic heterocycles. The summed E-state index contributed by atoms with van der Waals surface area (Å²) < 4.78 is 23.3. The molecule has 0 aromatic heterocycles. The Morgan fingerprint density at radius 2 is 0.918 bits per heavy atom. The number of rotatable bonds is 47. The van der Waals surface area contributed by atoms with E-state index in [2.05, 4.69) is 43.5 Å². The van der Waals surface area contributed by atoms with Crippen molar-refractivity contribution in [2.45, 2.75) is 251 Å². The van der Waals surface area contributed by atoms with Crippen molar-refractivity contribution in [2.24, 2.45) is 0 Å². The van der Waals surface area contributed by atoms with Gasteiger partial charge >= 0.3 is 0 Å². The van der Waals surface area contributed by atoms with E-state index in [1.807, 2.05) is 27.2 Å². The van der Waals surface area contributed by atoms with Gasteiger partial charge in [-0.3, -0.25) is 9.36 Å². The van der Waals surface area contributed by atoms with E-state index in [4.69, 9.17) is 9.05 Å². The number of quaternary nitrogens is 1. The molecule has 0 aliphatic carbocycles. The van der Waals surface area contributed by atoms with E-state index in [-0.39, 0.29) is 12.5 Å². The van der Waals surface area contributed by atoms with Crippen LogP contribution in [0.25, 0.3) is 0 Å². The van der Waals surface area contributed by atoms with Crippen LogP contribution in [0, 0.1) is 0 Å². The van der Waals surface area contributed by atoms with Crippen molar-refractivity contribution in [3.8, 4) is 0 Å². The highest BCUT2D eigenvalue weighted by Gasteiger charge is 2.23. The maximum atomic E-state index is 12.9. The first-order valence-corrected chi connectivity index (χ1v) is 27.3. The van der Waals surface area contributed by atoms with Gasteiger partial charge in [0.15, 0.2) is 0 Å². The Bertz CT molecular complexity index is 1090. The lowest BCUT2D eigenvalue weighted by molar-refractivity contribution is -0.870. The number of phosphoric ester groups is 1. The lowest BCUT2D eigenvalue weighted by Gasteiger charge is -2.29. The van der Waals surface area contributed by atoms with Crippen LogP contribution in [-0.2, 0) is 18.4 Å². The van der Waals surface area contributed by atoms with Crippen LogP contribution in [0.1, 0.15) is 239 Å². The van der Waals surface area contributed by atoms with Gasteiger partial charge in [0.25, 0.3) is 7.82 Å². The Labute approximate surface area is 378 Å². The average Bonchev–Trinajstić information content (AvgIpc) is 3.21. The normalized spacial score (nSPS) is 14.4. The quantitative estimate of drug-likeness (QED) is 0.0273. The number of hydrogen-bond acceptors (Lipinski definition) is 6. The first kappa shape index (κ1) is 59.7. The molecule has 2 N–H and O–H groups in total. The van der Waals surface area contributed by atoms with Crippen molar-refractivity contribution in [1.82, 2.24) is 5.32 Å². The highest BCUT2D eigenvalue weighted by molar-refractivity contribution is 7.45. The molecule has 1 amide bonds. The summed E-state index contributed by atoms with van der Waals surface area (Å²) in [6, 6.07) is -0.903.